The number of alkyl halides is 3. The van der Waals surface area contributed by atoms with Crippen LogP contribution >= 0.6 is 0 Å². The molecular formula is C26H27F3N8O4S. The molecule has 3 N–H and O–H groups in total. The zero-order chi connectivity index (χ0) is 30.5. The van der Waals surface area contributed by atoms with Crippen LogP contribution in [0.3, 0.4) is 0 Å². The summed E-state index contributed by atoms with van der Waals surface area (Å²) < 4.78 is 60.9. The molecule has 0 spiro atoms. The van der Waals surface area contributed by atoms with Gasteiger partial charge in [-0.05, 0) is 63.1 Å². The van der Waals surface area contributed by atoms with Gasteiger partial charge in [-0.15, -0.1) is 0 Å². The van der Waals surface area contributed by atoms with Crippen molar-refractivity contribution in [3.05, 3.63) is 72.2 Å². The topological polar surface area (TPSA) is 155 Å². The second-order valence-electron chi connectivity index (χ2n) is 9.12. The molecule has 0 unspecified atom stereocenters. The average molecular weight is 605 g/mol. The Balaban J connectivity index is 0.000000517. The molecule has 16 heteroatoms. The zero-order valence-electron chi connectivity index (χ0n) is 22.5. The van der Waals surface area contributed by atoms with E-state index in [9.17, 15) is 21.6 Å². The molecule has 5 rings (SSSR count). The van der Waals surface area contributed by atoms with Crippen molar-refractivity contribution in [1.82, 2.24) is 29.0 Å². The molecule has 42 heavy (non-hydrogen) atoms. The summed E-state index contributed by atoms with van der Waals surface area (Å²) in [4.78, 5) is 22.4. The molecule has 0 bridgehead atoms. The highest BCUT2D eigenvalue weighted by Gasteiger charge is 2.38. The van der Waals surface area contributed by atoms with Gasteiger partial charge in [0, 0.05) is 36.7 Å². The molecule has 222 valence electrons. The minimum atomic E-state index is -5.08. The Morgan fingerprint density at radius 1 is 0.976 bits per heavy atom. The van der Waals surface area contributed by atoms with Crippen LogP contribution in [0.2, 0.25) is 0 Å². The van der Waals surface area contributed by atoms with Crippen molar-refractivity contribution in [2.24, 2.45) is 0 Å². The number of sulfonamides is 1. The summed E-state index contributed by atoms with van der Waals surface area (Å²) in [7, 11) is -3.51. The Bertz CT molecular complexity index is 1660. The van der Waals surface area contributed by atoms with Gasteiger partial charge >= 0.3 is 12.1 Å². The van der Waals surface area contributed by atoms with Gasteiger partial charge in [-0.2, -0.15) is 32.2 Å². The van der Waals surface area contributed by atoms with Crippen LogP contribution in [-0.4, -0.2) is 67.8 Å². The van der Waals surface area contributed by atoms with E-state index in [2.05, 4.69) is 30.7 Å². The number of anilines is 4. The Hall–Kier alpha value is -4.57. The predicted molar refractivity (Wildman–Crippen MR) is 148 cm³/mol. The molecule has 1 saturated heterocycles. The summed E-state index contributed by atoms with van der Waals surface area (Å²) in [6.45, 7) is 5.04. The van der Waals surface area contributed by atoms with E-state index in [1.165, 1.54) is 4.31 Å². The molecule has 1 fully saturated rings. The summed E-state index contributed by atoms with van der Waals surface area (Å²) in [5, 5.41) is 18.2. The lowest BCUT2D eigenvalue weighted by atomic mass is 10.3. The molecule has 0 radical (unpaired) electrons. The Labute approximate surface area is 239 Å². The lowest BCUT2D eigenvalue weighted by molar-refractivity contribution is -0.192. The Kier molecular flexibility index (Phi) is 9.06. The Morgan fingerprint density at radius 2 is 1.69 bits per heavy atom. The number of nitrogens with one attached hydrogen (secondary N) is 2. The molecule has 1 aliphatic heterocycles. The van der Waals surface area contributed by atoms with E-state index in [-0.39, 0.29) is 4.90 Å². The number of aromatic nitrogens is 5. The van der Waals surface area contributed by atoms with Gasteiger partial charge in [0.1, 0.15) is 11.6 Å². The first-order chi connectivity index (χ1) is 19.9. The number of aliphatic carboxylic acids is 1. The van der Waals surface area contributed by atoms with Gasteiger partial charge in [0.05, 0.1) is 10.6 Å². The number of carboxylic acid groups (broad SMARTS) is 1. The molecule has 0 amide bonds. The molecule has 3 aromatic heterocycles. The van der Waals surface area contributed by atoms with Crippen molar-refractivity contribution in [2.75, 3.05) is 23.7 Å². The first-order valence-corrected chi connectivity index (χ1v) is 14.1. The highest BCUT2D eigenvalue weighted by atomic mass is 32.2. The normalized spacial score (nSPS) is 13.7. The fourth-order valence-electron chi connectivity index (χ4n) is 3.95. The molecule has 0 aliphatic carbocycles. The third-order valence-electron chi connectivity index (χ3n) is 6.16. The van der Waals surface area contributed by atoms with Crippen molar-refractivity contribution in [3.8, 4) is 5.82 Å². The quantitative estimate of drug-likeness (QED) is 0.273. The number of carboxylic acids is 1. The third kappa shape index (κ3) is 7.19. The van der Waals surface area contributed by atoms with E-state index >= 15 is 0 Å². The average Bonchev–Trinajstić information content (AvgIpc) is 3.60. The van der Waals surface area contributed by atoms with Gasteiger partial charge in [-0.3, -0.25) is 0 Å². The lowest BCUT2D eigenvalue weighted by Crippen LogP contribution is -2.27. The van der Waals surface area contributed by atoms with E-state index in [4.69, 9.17) is 9.90 Å². The van der Waals surface area contributed by atoms with Gasteiger partial charge in [0.15, 0.2) is 5.82 Å². The number of hydrogen-bond acceptors (Lipinski definition) is 9. The summed E-state index contributed by atoms with van der Waals surface area (Å²) in [6, 6.07) is 14.1. The van der Waals surface area contributed by atoms with Crippen molar-refractivity contribution in [2.45, 2.75) is 37.8 Å². The molecule has 4 aromatic rings. The maximum Gasteiger partial charge on any atom is 0.490 e. The van der Waals surface area contributed by atoms with Crippen molar-refractivity contribution >= 4 is 39.3 Å². The summed E-state index contributed by atoms with van der Waals surface area (Å²) in [6.07, 6.45) is 0.0501. The van der Waals surface area contributed by atoms with E-state index in [1.54, 1.807) is 47.4 Å². The molecule has 12 nitrogen and oxygen atoms in total. The third-order valence-corrected chi connectivity index (χ3v) is 8.06. The minimum absolute atomic E-state index is 0.254. The van der Waals surface area contributed by atoms with Crippen LogP contribution in [0.1, 0.15) is 24.1 Å². The molecule has 1 aliphatic rings. The van der Waals surface area contributed by atoms with Gasteiger partial charge in [0.2, 0.25) is 16.0 Å². The van der Waals surface area contributed by atoms with Gasteiger partial charge in [0.25, 0.3) is 0 Å². The number of benzene rings is 1. The number of carbonyl (C=O) groups is 1. The molecule has 0 saturated carbocycles. The van der Waals surface area contributed by atoms with Crippen molar-refractivity contribution in [1.29, 1.82) is 0 Å². The van der Waals surface area contributed by atoms with Crippen LogP contribution in [0.15, 0.2) is 65.8 Å². The number of hydrogen-bond donors (Lipinski definition) is 3. The maximum absolute atomic E-state index is 12.9. The van der Waals surface area contributed by atoms with E-state index in [0.717, 1.165) is 29.9 Å². The second kappa shape index (κ2) is 12.5. The number of pyridine rings is 1. The SMILES string of the molecule is Cc1nn(-c2ccccn2)c(Nc2ccnc(Nc3cccc(S(=O)(=O)N4CCCC4)c3)n2)c1C.O=C(O)C(F)(F)F. The second-order valence-corrected chi connectivity index (χ2v) is 11.1. The van der Waals surface area contributed by atoms with Gasteiger partial charge in [-0.1, -0.05) is 12.1 Å². The van der Waals surface area contributed by atoms with Crippen molar-refractivity contribution < 1.29 is 31.5 Å². The first kappa shape index (κ1) is 30.4. The zero-order valence-corrected chi connectivity index (χ0v) is 23.3. The van der Waals surface area contributed by atoms with Crippen LogP contribution in [0.25, 0.3) is 5.82 Å². The van der Waals surface area contributed by atoms with Gasteiger partial charge < -0.3 is 15.7 Å². The van der Waals surface area contributed by atoms with Crippen LogP contribution in [0.4, 0.5) is 36.4 Å². The molecule has 0 atom stereocenters. The van der Waals surface area contributed by atoms with Gasteiger partial charge in [-0.25, -0.2) is 23.2 Å². The van der Waals surface area contributed by atoms with E-state index in [1.807, 2.05) is 32.0 Å². The summed E-state index contributed by atoms with van der Waals surface area (Å²) >= 11 is 0. The molecule has 4 heterocycles. The minimum Gasteiger partial charge on any atom is -0.475 e. The number of halogens is 3. The van der Waals surface area contributed by atoms with Crippen LogP contribution < -0.4 is 10.6 Å². The number of nitrogens with zero attached hydrogens (tertiary/aromatic N) is 6. The fraction of sp³-hybridized carbons (Fsp3) is 0.269. The van der Waals surface area contributed by atoms with Crippen LogP contribution in [0, 0.1) is 13.8 Å². The Morgan fingerprint density at radius 3 is 2.33 bits per heavy atom. The summed E-state index contributed by atoms with van der Waals surface area (Å²) in [5.74, 6) is -0.417. The predicted octanol–water partition coefficient (Wildman–Crippen LogP) is 4.58. The fourth-order valence-corrected chi connectivity index (χ4v) is 5.51. The highest BCUT2D eigenvalue weighted by Crippen LogP contribution is 2.27. The van der Waals surface area contributed by atoms with E-state index < -0.39 is 22.2 Å². The van der Waals surface area contributed by atoms with E-state index in [0.29, 0.717) is 36.4 Å². The highest BCUT2D eigenvalue weighted by molar-refractivity contribution is 7.89. The smallest absolute Gasteiger partial charge is 0.475 e. The largest absolute Gasteiger partial charge is 0.490 e. The maximum atomic E-state index is 12.9. The monoisotopic (exact) mass is 604 g/mol. The number of aryl methyl sites for hydroxylation is 1. The lowest BCUT2D eigenvalue weighted by Gasteiger charge is -2.16. The van der Waals surface area contributed by atoms with Crippen LogP contribution in [-0.2, 0) is 14.8 Å². The molecular weight excluding hydrogens is 577 g/mol. The standard InChI is InChI=1S/C24H26N8O2S.C2HF3O2/c1-17-18(2)30-32(22-10-3-4-12-25-22)23(17)28-21-11-13-26-24(29-21)27-19-8-7-9-20(16-19)35(33,34)31-14-5-6-15-31;3-2(4,5)1(6)7/h3-4,7-13,16H,5-6,14-15H2,1-2H3,(H2,26,27,28,29);(H,6,7). The molecule has 1 aromatic carbocycles. The van der Waals surface area contributed by atoms with Crippen molar-refractivity contribution in [3.63, 3.8) is 0 Å². The van der Waals surface area contributed by atoms with Crippen LogP contribution in [0.5, 0.6) is 0 Å². The number of rotatable bonds is 7. The first-order valence-electron chi connectivity index (χ1n) is 12.6. The summed E-state index contributed by atoms with van der Waals surface area (Å²) in [5.41, 5.74) is 2.44.